The molecule has 0 fully saturated rings. The van der Waals surface area contributed by atoms with Crippen LogP contribution in [0.15, 0.2) is 24.3 Å². The van der Waals surface area contributed by atoms with Gasteiger partial charge in [0.05, 0.1) is 17.7 Å². The topological polar surface area (TPSA) is 63.6 Å². The van der Waals surface area contributed by atoms with Gasteiger partial charge in [-0.15, -0.1) is 0 Å². The second kappa shape index (κ2) is 7.94. The van der Waals surface area contributed by atoms with Crippen LogP contribution in [-0.4, -0.2) is 72.5 Å². The van der Waals surface area contributed by atoms with Crippen LogP contribution in [-0.2, 0) is 4.74 Å². The third-order valence-corrected chi connectivity index (χ3v) is 1.92. The summed E-state index contributed by atoms with van der Waals surface area (Å²) in [6.07, 6.45) is 0. The number of carboxylic acids is 1. The van der Waals surface area contributed by atoms with E-state index in [1.165, 1.54) is 24.3 Å². The van der Waals surface area contributed by atoms with Gasteiger partial charge in [-0.3, -0.25) is 0 Å². The second-order valence-electron chi connectivity index (χ2n) is 3.87. The van der Waals surface area contributed by atoms with Crippen molar-refractivity contribution in [3.05, 3.63) is 35.4 Å². The Morgan fingerprint density at radius 3 is 2.06 bits per heavy atom. The zero-order chi connectivity index (χ0) is 12.1. The van der Waals surface area contributed by atoms with E-state index in [0.29, 0.717) is 12.2 Å². The van der Waals surface area contributed by atoms with Crippen LogP contribution in [0.4, 0.5) is 0 Å². The van der Waals surface area contributed by atoms with Crippen molar-refractivity contribution in [3.63, 3.8) is 0 Å². The minimum atomic E-state index is -1.01. The van der Waals surface area contributed by atoms with Gasteiger partial charge in [-0.05, 0) is 30.2 Å². The quantitative estimate of drug-likeness (QED) is 0.648. The summed E-state index contributed by atoms with van der Waals surface area (Å²) in [6, 6.07) is 5.67. The molecule has 0 unspecified atom stereocenters. The third-order valence-electron chi connectivity index (χ3n) is 1.92. The van der Waals surface area contributed by atoms with Gasteiger partial charge in [-0.2, -0.15) is 0 Å². The zero-order valence-electron chi connectivity index (χ0n) is 9.27. The van der Waals surface area contributed by atoms with Gasteiger partial charge in [0.25, 0.3) is 0 Å². The fourth-order valence-electron chi connectivity index (χ4n) is 1.07. The van der Waals surface area contributed by atoms with E-state index in [4.69, 9.17) is 9.84 Å². The number of ether oxygens (including phenoxy) is 1. The Morgan fingerprint density at radius 2 is 1.65 bits per heavy atom. The molecule has 0 saturated carbocycles. The Kier molecular flexibility index (Phi) is 7.82. The molecule has 0 saturated heterocycles. The standard InChI is InChI=1S/C12H14O4.Ba.2H/c1-8(2)7-16-12(15)10-5-3-9(4-6-10)11(13)14;;;/h3-6,8H,7H2,1-2H3,(H,13,14);;;. The molecule has 90 valence electrons. The van der Waals surface area contributed by atoms with Crippen molar-refractivity contribution in [1.29, 1.82) is 0 Å². The SMILES string of the molecule is CC(C)COC(=O)c1ccc(C(=O)O)cc1.[BaH2]. The van der Waals surface area contributed by atoms with E-state index < -0.39 is 11.9 Å². The van der Waals surface area contributed by atoms with Crippen LogP contribution in [0.1, 0.15) is 34.6 Å². The summed E-state index contributed by atoms with van der Waals surface area (Å²) in [6.45, 7) is 4.25. The molecule has 0 atom stereocenters. The fraction of sp³-hybridized carbons (Fsp3) is 0.333. The summed E-state index contributed by atoms with van der Waals surface area (Å²) in [7, 11) is 0. The van der Waals surface area contributed by atoms with E-state index in [-0.39, 0.29) is 60.4 Å². The second-order valence-corrected chi connectivity index (χ2v) is 3.87. The molecule has 0 aliphatic rings. The summed E-state index contributed by atoms with van der Waals surface area (Å²) in [5.41, 5.74) is 0.519. The number of aromatic carboxylic acids is 1. The van der Waals surface area contributed by atoms with Crippen LogP contribution >= 0.6 is 0 Å². The Hall–Kier alpha value is -0.269. The Balaban J connectivity index is 0.00000256. The van der Waals surface area contributed by atoms with Gasteiger partial charge in [0.1, 0.15) is 0 Å². The van der Waals surface area contributed by atoms with Crippen LogP contribution in [0, 0.1) is 5.92 Å². The van der Waals surface area contributed by atoms with Crippen LogP contribution in [0.3, 0.4) is 0 Å². The molecule has 1 aromatic carbocycles. The van der Waals surface area contributed by atoms with E-state index in [2.05, 4.69) is 0 Å². The summed E-state index contributed by atoms with van der Waals surface area (Å²) in [4.78, 5) is 22.0. The molecule has 0 aromatic heterocycles. The number of benzene rings is 1. The number of esters is 1. The molecule has 0 bridgehead atoms. The van der Waals surface area contributed by atoms with Gasteiger partial charge in [-0.25, -0.2) is 9.59 Å². The summed E-state index contributed by atoms with van der Waals surface area (Å²) >= 11 is 0. The molecule has 0 aliphatic heterocycles. The Bertz CT molecular complexity index is 384. The molecule has 4 nitrogen and oxygen atoms in total. The predicted octanol–water partition coefficient (Wildman–Crippen LogP) is 1.28. The van der Waals surface area contributed by atoms with Crippen molar-refractivity contribution in [2.75, 3.05) is 6.61 Å². The van der Waals surface area contributed by atoms with Crippen molar-refractivity contribution < 1.29 is 19.4 Å². The Labute approximate surface area is 140 Å². The van der Waals surface area contributed by atoms with Crippen molar-refractivity contribution in [1.82, 2.24) is 0 Å². The maximum absolute atomic E-state index is 11.5. The molecule has 1 N–H and O–H groups in total. The average molecular weight is 362 g/mol. The summed E-state index contributed by atoms with van der Waals surface area (Å²) < 4.78 is 5.00. The molecule has 0 radical (unpaired) electrons. The zero-order valence-corrected chi connectivity index (χ0v) is 9.27. The molecule has 5 heteroatoms. The van der Waals surface area contributed by atoms with Crippen LogP contribution in [0.5, 0.6) is 0 Å². The van der Waals surface area contributed by atoms with Gasteiger partial charge < -0.3 is 9.84 Å². The van der Waals surface area contributed by atoms with Crippen LogP contribution < -0.4 is 0 Å². The van der Waals surface area contributed by atoms with Crippen molar-refractivity contribution in [3.8, 4) is 0 Å². The number of carbonyl (C=O) groups excluding carboxylic acids is 1. The number of carboxylic acid groups (broad SMARTS) is 1. The van der Waals surface area contributed by atoms with Crippen molar-refractivity contribution in [2.24, 2.45) is 5.92 Å². The summed E-state index contributed by atoms with van der Waals surface area (Å²) in [5.74, 6) is -1.16. The summed E-state index contributed by atoms with van der Waals surface area (Å²) in [5, 5.41) is 8.67. The molecule has 0 heterocycles. The average Bonchev–Trinajstić information content (AvgIpc) is 2.26. The van der Waals surface area contributed by atoms with Crippen LogP contribution in [0.2, 0.25) is 0 Å². The monoisotopic (exact) mass is 362 g/mol. The van der Waals surface area contributed by atoms with E-state index in [1.54, 1.807) is 0 Å². The molecule has 17 heavy (non-hydrogen) atoms. The van der Waals surface area contributed by atoms with Gasteiger partial charge in [0, 0.05) is 0 Å². The molecule has 0 spiro atoms. The third kappa shape index (κ3) is 5.74. The van der Waals surface area contributed by atoms with Crippen molar-refractivity contribution in [2.45, 2.75) is 13.8 Å². The van der Waals surface area contributed by atoms with Gasteiger partial charge >= 0.3 is 60.8 Å². The molecule has 1 rings (SSSR count). The normalized spacial score (nSPS) is 9.59. The van der Waals surface area contributed by atoms with Gasteiger partial charge in [-0.1, -0.05) is 13.8 Å². The number of hydrogen-bond donors (Lipinski definition) is 1. The first-order valence-electron chi connectivity index (χ1n) is 5.01. The van der Waals surface area contributed by atoms with Crippen LogP contribution in [0.25, 0.3) is 0 Å². The molecule has 1 aromatic rings. The first kappa shape index (κ1) is 16.7. The molecular formula is C12H16BaO4. The van der Waals surface area contributed by atoms with E-state index in [1.807, 2.05) is 13.8 Å². The van der Waals surface area contributed by atoms with E-state index in [9.17, 15) is 9.59 Å². The van der Waals surface area contributed by atoms with Gasteiger partial charge in [0.2, 0.25) is 0 Å². The molecular weight excluding hydrogens is 345 g/mol. The minimum absolute atomic E-state index is 0. The Morgan fingerprint density at radius 1 is 1.18 bits per heavy atom. The molecule has 0 amide bonds. The van der Waals surface area contributed by atoms with Gasteiger partial charge in [0.15, 0.2) is 0 Å². The fourth-order valence-corrected chi connectivity index (χ4v) is 1.07. The van der Waals surface area contributed by atoms with E-state index in [0.717, 1.165) is 0 Å². The first-order valence-corrected chi connectivity index (χ1v) is 5.01. The van der Waals surface area contributed by atoms with E-state index >= 15 is 0 Å². The maximum atomic E-state index is 11.5. The number of carbonyl (C=O) groups is 2. The predicted molar refractivity (Wildman–Crippen MR) is 67.1 cm³/mol. The number of hydrogen-bond acceptors (Lipinski definition) is 3. The molecule has 0 aliphatic carbocycles. The number of rotatable bonds is 4. The first-order chi connectivity index (χ1) is 7.50. The van der Waals surface area contributed by atoms with Crippen molar-refractivity contribution >= 4 is 60.8 Å².